The number of rotatable bonds is 9. The molecule has 1 aromatic carbocycles. The van der Waals surface area contributed by atoms with E-state index in [9.17, 15) is 19.2 Å². The summed E-state index contributed by atoms with van der Waals surface area (Å²) in [5.74, 6) is -1.00. The Labute approximate surface area is 242 Å². The lowest BCUT2D eigenvalue weighted by molar-refractivity contribution is -0.155. The molecule has 0 aliphatic rings. The molecule has 0 heterocycles. The van der Waals surface area contributed by atoms with Gasteiger partial charge in [-0.2, -0.15) is 0 Å². The molecule has 3 atom stereocenters. The molecule has 1 rings (SSSR count). The predicted molar refractivity (Wildman–Crippen MR) is 149 cm³/mol. The van der Waals surface area contributed by atoms with E-state index in [0.717, 1.165) is 0 Å². The van der Waals surface area contributed by atoms with Crippen LogP contribution < -0.4 is 15.2 Å². The summed E-state index contributed by atoms with van der Waals surface area (Å²) in [4.78, 5) is 49.1. The van der Waals surface area contributed by atoms with E-state index in [-0.39, 0.29) is 29.9 Å². The zero-order valence-corrected chi connectivity index (χ0v) is 25.9. The summed E-state index contributed by atoms with van der Waals surface area (Å²) in [5.41, 5.74) is 4.65. The van der Waals surface area contributed by atoms with Crippen LogP contribution >= 0.6 is 0 Å². The summed E-state index contributed by atoms with van der Waals surface area (Å²) < 4.78 is 36.5. The number of benzene rings is 1. The molecule has 0 saturated heterocycles. The summed E-state index contributed by atoms with van der Waals surface area (Å²) in [6, 6.07) is 3.18. The molecule has 0 fully saturated rings. The van der Waals surface area contributed by atoms with Crippen molar-refractivity contribution < 1.29 is 52.3 Å². The first-order chi connectivity index (χ1) is 18.5. The number of hydrogen-bond acceptors (Lipinski definition) is 12. The Morgan fingerprint density at radius 3 is 1.71 bits per heavy atom. The van der Waals surface area contributed by atoms with Gasteiger partial charge in [0.1, 0.15) is 29.5 Å². The van der Waals surface area contributed by atoms with Crippen LogP contribution in [0, 0.1) is 5.41 Å². The van der Waals surface area contributed by atoms with Gasteiger partial charge < -0.3 is 38.9 Å². The predicted octanol–water partition coefficient (Wildman–Crippen LogP) is 5.70. The van der Waals surface area contributed by atoms with Crippen molar-refractivity contribution in [3.8, 4) is 11.5 Å². The van der Waals surface area contributed by atoms with Gasteiger partial charge in [0.2, 0.25) is 0 Å². The number of esters is 1. The number of carbonyl (C=O) groups excluding carboxylic acids is 4. The van der Waals surface area contributed by atoms with E-state index in [1.165, 1.54) is 18.2 Å². The first-order valence-electron chi connectivity index (χ1n) is 13.3. The Kier molecular flexibility index (Phi) is 12.4. The molecule has 2 N–H and O–H groups in total. The molecule has 12 heteroatoms. The largest absolute Gasteiger partial charge is 0.514 e. The SMILES string of the molecule is CC(OC(=O)OCC(C)(C)C)[C@H](C)OC(=O)[C@@H](N)Cc1ccc(OC(=O)OC(C)(C)C)c(OC(=O)OC(C)(C)C)c1. The lowest BCUT2D eigenvalue weighted by atomic mass is 9.99. The van der Waals surface area contributed by atoms with Gasteiger partial charge in [0.15, 0.2) is 11.5 Å². The molecule has 0 aliphatic heterocycles. The average Bonchev–Trinajstić information content (AvgIpc) is 2.76. The van der Waals surface area contributed by atoms with Crippen LogP contribution in [-0.4, -0.2) is 60.5 Å². The number of carbonyl (C=O) groups is 4. The fourth-order valence-electron chi connectivity index (χ4n) is 2.83. The van der Waals surface area contributed by atoms with Crippen molar-refractivity contribution in [3.05, 3.63) is 23.8 Å². The molecule has 41 heavy (non-hydrogen) atoms. The van der Waals surface area contributed by atoms with Crippen LogP contribution in [0.4, 0.5) is 14.4 Å². The van der Waals surface area contributed by atoms with Gasteiger partial charge in [0.05, 0.1) is 6.61 Å². The van der Waals surface area contributed by atoms with Gasteiger partial charge in [-0.1, -0.05) is 26.8 Å². The van der Waals surface area contributed by atoms with E-state index in [2.05, 4.69) is 0 Å². The highest BCUT2D eigenvalue weighted by molar-refractivity contribution is 5.76. The van der Waals surface area contributed by atoms with E-state index >= 15 is 0 Å². The molecular formula is C29H45NO11. The maximum absolute atomic E-state index is 12.7. The molecule has 1 aromatic rings. The Morgan fingerprint density at radius 2 is 1.22 bits per heavy atom. The summed E-state index contributed by atoms with van der Waals surface area (Å²) in [6.45, 7) is 19.0. The molecule has 0 aliphatic carbocycles. The van der Waals surface area contributed by atoms with Gasteiger partial charge in [0.25, 0.3) is 0 Å². The van der Waals surface area contributed by atoms with Crippen LogP contribution in [0.15, 0.2) is 18.2 Å². The second-order valence-corrected chi connectivity index (χ2v) is 12.8. The minimum absolute atomic E-state index is 0.0220. The Hall–Kier alpha value is -3.54. The summed E-state index contributed by atoms with van der Waals surface area (Å²) in [7, 11) is 0. The zero-order chi connectivity index (χ0) is 31.8. The van der Waals surface area contributed by atoms with Crippen LogP contribution in [-0.2, 0) is 34.9 Å². The monoisotopic (exact) mass is 583 g/mol. The third-order valence-electron chi connectivity index (χ3n) is 4.80. The van der Waals surface area contributed by atoms with Crippen molar-refractivity contribution >= 4 is 24.4 Å². The molecule has 0 amide bonds. The van der Waals surface area contributed by atoms with Crippen LogP contribution in [0.25, 0.3) is 0 Å². The van der Waals surface area contributed by atoms with Crippen LogP contribution in [0.1, 0.15) is 81.7 Å². The normalized spacial score (nSPS) is 14.1. The van der Waals surface area contributed by atoms with Crippen LogP contribution in [0.2, 0.25) is 0 Å². The van der Waals surface area contributed by atoms with Crippen molar-refractivity contribution in [2.24, 2.45) is 11.1 Å². The fourth-order valence-corrected chi connectivity index (χ4v) is 2.83. The van der Waals surface area contributed by atoms with E-state index in [1.807, 2.05) is 20.8 Å². The smallest absolute Gasteiger partial charge is 0.458 e. The highest BCUT2D eigenvalue weighted by Crippen LogP contribution is 2.31. The standard InChI is InChI=1S/C29H45NO11/c1-17(18(2)37-24(32)35-16-27(3,4)5)36-23(31)20(30)14-19-12-13-21(38-25(33)40-28(6,7)8)22(15-19)39-26(34)41-29(9,10)11/h12-13,15,17-18,20H,14,16,30H2,1-11H3/t17-,18?,20-/m0/s1. The Bertz CT molecular complexity index is 1060. The fraction of sp³-hybridized carbons (Fsp3) is 0.655. The maximum atomic E-state index is 12.7. The molecule has 0 aromatic heterocycles. The number of ether oxygens (including phenoxy) is 7. The lowest BCUT2D eigenvalue weighted by Crippen LogP contribution is -2.39. The highest BCUT2D eigenvalue weighted by Gasteiger charge is 2.27. The number of hydrogen-bond donors (Lipinski definition) is 1. The molecule has 0 bridgehead atoms. The Balaban J connectivity index is 2.94. The maximum Gasteiger partial charge on any atom is 0.514 e. The molecule has 232 valence electrons. The van der Waals surface area contributed by atoms with Gasteiger partial charge in [-0.05, 0) is 84.9 Å². The van der Waals surface area contributed by atoms with Crippen molar-refractivity contribution in [2.45, 2.75) is 112 Å². The first kappa shape index (κ1) is 35.5. The van der Waals surface area contributed by atoms with Crippen molar-refractivity contribution in [3.63, 3.8) is 0 Å². The van der Waals surface area contributed by atoms with Gasteiger partial charge in [-0.15, -0.1) is 0 Å². The molecule has 0 saturated carbocycles. The second-order valence-electron chi connectivity index (χ2n) is 12.8. The minimum Gasteiger partial charge on any atom is -0.458 e. The van der Waals surface area contributed by atoms with Crippen LogP contribution in [0.5, 0.6) is 11.5 Å². The summed E-state index contributed by atoms with van der Waals surface area (Å²) in [6.07, 6.45) is -4.54. The van der Waals surface area contributed by atoms with Crippen molar-refractivity contribution in [1.29, 1.82) is 0 Å². The summed E-state index contributed by atoms with van der Waals surface area (Å²) in [5, 5.41) is 0. The average molecular weight is 584 g/mol. The highest BCUT2D eigenvalue weighted by atomic mass is 16.8. The second kappa shape index (κ2) is 14.4. The van der Waals surface area contributed by atoms with Crippen molar-refractivity contribution in [2.75, 3.05) is 6.61 Å². The van der Waals surface area contributed by atoms with E-state index < -0.39 is 53.9 Å². The third kappa shape index (κ3) is 15.1. The number of nitrogens with two attached hydrogens (primary N) is 1. The van der Waals surface area contributed by atoms with Gasteiger partial charge in [0, 0.05) is 0 Å². The zero-order valence-electron chi connectivity index (χ0n) is 25.9. The quantitative estimate of drug-likeness (QED) is 0.215. The lowest BCUT2D eigenvalue weighted by Gasteiger charge is -2.23. The van der Waals surface area contributed by atoms with Gasteiger partial charge >= 0.3 is 24.4 Å². The molecular weight excluding hydrogens is 538 g/mol. The molecule has 12 nitrogen and oxygen atoms in total. The molecule has 0 spiro atoms. The van der Waals surface area contributed by atoms with Crippen molar-refractivity contribution in [1.82, 2.24) is 0 Å². The molecule has 0 radical (unpaired) electrons. The third-order valence-corrected chi connectivity index (χ3v) is 4.80. The van der Waals surface area contributed by atoms with E-state index in [0.29, 0.717) is 5.56 Å². The van der Waals surface area contributed by atoms with Gasteiger partial charge in [-0.25, -0.2) is 14.4 Å². The van der Waals surface area contributed by atoms with Gasteiger partial charge in [-0.3, -0.25) is 4.79 Å². The van der Waals surface area contributed by atoms with E-state index in [4.69, 9.17) is 38.9 Å². The van der Waals surface area contributed by atoms with E-state index in [1.54, 1.807) is 55.4 Å². The first-order valence-corrected chi connectivity index (χ1v) is 13.3. The minimum atomic E-state index is -1.12. The summed E-state index contributed by atoms with van der Waals surface area (Å²) >= 11 is 0. The topological polar surface area (TPSA) is 159 Å². The Morgan fingerprint density at radius 1 is 0.732 bits per heavy atom. The van der Waals surface area contributed by atoms with Crippen LogP contribution in [0.3, 0.4) is 0 Å². The molecule has 1 unspecified atom stereocenters.